The van der Waals surface area contributed by atoms with E-state index in [0.29, 0.717) is 6.04 Å². The van der Waals surface area contributed by atoms with Crippen LogP contribution in [0.25, 0.3) is 0 Å². The van der Waals surface area contributed by atoms with Gasteiger partial charge in [-0.2, -0.15) is 11.8 Å². The minimum atomic E-state index is -0.436. The summed E-state index contributed by atoms with van der Waals surface area (Å²) >= 11 is 1.99. The summed E-state index contributed by atoms with van der Waals surface area (Å²) in [7, 11) is 0. The maximum Gasteiger partial charge on any atom is 0.263 e. The van der Waals surface area contributed by atoms with Gasteiger partial charge >= 0.3 is 0 Å². The predicted octanol–water partition coefficient (Wildman–Crippen LogP) is 3.27. The van der Waals surface area contributed by atoms with Gasteiger partial charge in [0.1, 0.15) is 5.75 Å². The maximum atomic E-state index is 13.1. The topological polar surface area (TPSA) is 32.8 Å². The molecule has 3 rings (SSSR count). The second-order valence-corrected chi connectivity index (χ2v) is 8.20. The molecule has 1 amide bonds. The molecular weight excluding hydrogens is 332 g/mol. The van der Waals surface area contributed by atoms with Gasteiger partial charge in [-0.05, 0) is 57.2 Å². The van der Waals surface area contributed by atoms with Crippen LogP contribution in [0, 0.1) is 0 Å². The lowest BCUT2D eigenvalue weighted by molar-refractivity contribution is -0.140. The molecule has 25 heavy (non-hydrogen) atoms. The maximum absolute atomic E-state index is 13.1. The largest absolute Gasteiger partial charge is 0.481 e. The zero-order chi connectivity index (χ0) is 17.5. The number of benzene rings is 1. The number of hydrogen-bond acceptors (Lipinski definition) is 4. The van der Waals surface area contributed by atoms with E-state index in [0.717, 1.165) is 36.8 Å². The molecule has 0 saturated carbocycles. The van der Waals surface area contributed by atoms with Gasteiger partial charge in [0, 0.05) is 18.8 Å². The number of carbonyl (C=O) groups excluding carboxylic acids is 1. The van der Waals surface area contributed by atoms with E-state index < -0.39 is 6.10 Å². The van der Waals surface area contributed by atoms with Gasteiger partial charge in [0.2, 0.25) is 0 Å². The first-order valence-corrected chi connectivity index (χ1v) is 10.7. The van der Waals surface area contributed by atoms with Crippen LogP contribution in [0.4, 0.5) is 0 Å². The van der Waals surface area contributed by atoms with Gasteiger partial charge in [0.25, 0.3) is 5.91 Å². The summed E-state index contributed by atoms with van der Waals surface area (Å²) in [5.41, 5.74) is 0. The summed E-state index contributed by atoms with van der Waals surface area (Å²) in [5.74, 6) is 3.09. The van der Waals surface area contributed by atoms with Crippen LogP contribution >= 0.6 is 11.8 Å². The Kier molecular flexibility index (Phi) is 7.05. The molecule has 0 spiro atoms. The molecule has 2 heterocycles. The molecule has 2 aliphatic rings. The van der Waals surface area contributed by atoms with Crippen molar-refractivity contribution in [1.29, 1.82) is 0 Å². The summed E-state index contributed by atoms with van der Waals surface area (Å²) in [5, 5.41) is 0. The molecule has 0 radical (unpaired) electrons. The highest BCUT2D eigenvalue weighted by molar-refractivity contribution is 7.99. The molecule has 1 aromatic rings. The Morgan fingerprint density at radius 3 is 2.68 bits per heavy atom. The highest BCUT2D eigenvalue weighted by atomic mass is 32.2. The van der Waals surface area contributed by atoms with Crippen molar-refractivity contribution in [3.05, 3.63) is 30.3 Å². The van der Waals surface area contributed by atoms with Crippen LogP contribution < -0.4 is 4.74 Å². The molecule has 0 aromatic heterocycles. The monoisotopic (exact) mass is 362 g/mol. The Labute approximate surface area is 155 Å². The number of thioether (sulfide) groups is 1. The number of carbonyl (C=O) groups is 1. The van der Waals surface area contributed by atoms with Crippen molar-refractivity contribution in [2.24, 2.45) is 0 Å². The summed E-state index contributed by atoms with van der Waals surface area (Å²) in [6.07, 6.45) is 4.57. The van der Waals surface area contributed by atoms with Gasteiger partial charge in [-0.3, -0.25) is 4.79 Å². The van der Waals surface area contributed by atoms with Crippen molar-refractivity contribution in [3.8, 4) is 5.75 Å². The summed E-state index contributed by atoms with van der Waals surface area (Å²) < 4.78 is 5.90. The molecule has 2 saturated heterocycles. The first-order chi connectivity index (χ1) is 12.2. The fourth-order valence-corrected chi connectivity index (χ4v) is 4.75. The third kappa shape index (κ3) is 5.38. The number of amides is 1. The number of ether oxygens (including phenoxy) is 1. The van der Waals surface area contributed by atoms with E-state index in [1.54, 1.807) is 0 Å². The van der Waals surface area contributed by atoms with Crippen molar-refractivity contribution in [2.75, 3.05) is 37.7 Å². The lowest BCUT2D eigenvalue weighted by atomic mass is 10.1. The van der Waals surface area contributed by atoms with Gasteiger partial charge in [-0.1, -0.05) is 24.6 Å². The first-order valence-electron chi connectivity index (χ1n) is 9.56. The number of piperidine rings is 1. The van der Waals surface area contributed by atoms with Gasteiger partial charge in [-0.25, -0.2) is 0 Å². The molecule has 0 N–H and O–H groups in total. The van der Waals surface area contributed by atoms with E-state index in [2.05, 4.69) is 9.80 Å². The second-order valence-electron chi connectivity index (χ2n) is 7.05. The third-order valence-electron chi connectivity index (χ3n) is 5.04. The summed E-state index contributed by atoms with van der Waals surface area (Å²) in [4.78, 5) is 17.7. The van der Waals surface area contributed by atoms with Crippen LogP contribution in [0.1, 0.15) is 32.6 Å². The highest BCUT2D eigenvalue weighted by Crippen LogP contribution is 2.21. The van der Waals surface area contributed by atoms with Gasteiger partial charge < -0.3 is 14.5 Å². The smallest absolute Gasteiger partial charge is 0.263 e. The number of para-hydroxylation sites is 1. The van der Waals surface area contributed by atoms with Gasteiger partial charge in [0.05, 0.1) is 6.04 Å². The van der Waals surface area contributed by atoms with E-state index in [1.165, 1.54) is 32.4 Å². The SMILES string of the molecule is CC(Oc1ccccc1)C(=O)N1CCCSCC1CN1CCCCC1. The highest BCUT2D eigenvalue weighted by Gasteiger charge is 2.31. The minimum Gasteiger partial charge on any atom is -0.481 e. The Hall–Kier alpha value is -1.20. The Bertz CT molecular complexity index is 534. The number of nitrogens with zero attached hydrogens (tertiary/aromatic N) is 2. The van der Waals surface area contributed by atoms with Crippen molar-refractivity contribution in [1.82, 2.24) is 9.80 Å². The summed E-state index contributed by atoms with van der Waals surface area (Å²) in [6, 6.07) is 9.96. The van der Waals surface area contributed by atoms with Crippen LogP contribution in [-0.2, 0) is 4.79 Å². The average molecular weight is 363 g/mol. The molecule has 4 nitrogen and oxygen atoms in total. The number of hydrogen-bond donors (Lipinski definition) is 0. The zero-order valence-corrected chi connectivity index (χ0v) is 16.0. The predicted molar refractivity (Wildman–Crippen MR) is 104 cm³/mol. The van der Waals surface area contributed by atoms with Crippen molar-refractivity contribution in [2.45, 2.75) is 44.8 Å². The van der Waals surface area contributed by atoms with Crippen LogP contribution in [-0.4, -0.2) is 65.5 Å². The zero-order valence-electron chi connectivity index (χ0n) is 15.2. The molecule has 2 atom stereocenters. The van der Waals surface area contributed by atoms with E-state index in [-0.39, 0.29) is 5.91 Å². The van der Waals surface area contributed by atoms with Crippen LogP contribution in [0.5, 0.6) is 5.75 Å². The minimum absolute atomic E-state index is 0.133. The molecule has 0 bridgehead atoms. The van der Waals surface area contributed by atoms with E-state index >= 15 is 0 Å². The van der Waals surface area contributed by atoms with Crippen molar-refractivity contribution in [3.63, 3.8) is 0 Å². The van der Waals surface area contributed by atoms with E-state index in [4.69, 9.17) is 4.74 Å². The average Bonchev–Trinajstić information content (AvgIpc) is 2.88. The molecule has 138 valence electrons. The van der Waals surface area contributed by atoms with E-state index in [9.17, 15) is 4.79 Å². The molecule has 0 aliphatic carbocycles. The lowest BCUT2D eigenvalue weighted by Crippen LogP contribution is -2.52. The van der Waals surface area contributed by atoms with Crippen molar-refractivity contribution < 1.29 is 9.53 Å². The molecule has 2 aliphatic heterocycles. The standard InChI is InChI=1S/C20H30N2O2S/c1-17(24-19-9-4-2-5-10-19)20(23)22-13-8-14-25-16-18(22)15-21-11-6-3-7-12-21/h2,4-5,9-10,17-18H,3,6-8,11-16H2,1H3. The molecule has 2 fully saturated rings. The van der Waals surface area contributed by atoms with Crippen LogP contribution in [0.3, 0.4) is 0 Å². The van der Waals surface area contributed by atoms with Crippen LogP contribution in [0.15, 0.2) is 30.3 Å². The van der Waals surface area contributed by atoms with Crippen LogP contribution in [0.2, 0.25) is 0 Å². The Morgan fingerprint density at radius 1 is 1.16 bits per heavy atom. The Balaban J connectivity index is 1.63. The van der Waals surface area contributed by atoms with Gasteiger partial charge in [-0.15, -0.1) is 0 Å². The quantitative estimate of drug-likeness (QED) is 0.805. The van der Waals surface area contributed by atoms with Gasteiger partial charge in [0.15, 0.2) is 6.10 Å². The number of likely N-dealkylation sites (tertiary alicyclic amines) is 1. The second kappa shape index (κ2) is 9.48. The van der Waals surface area contributed by atoms with Crippen molar-refractivity contribution >= 4 is 17.7 Å². The fourth-order valence-electron chi connectivity index (χ4n) is 3.70. The Morgan fingerprint density at radius 2 is 1.92 bits per heavy atom. The molecule has 2 unspecified atom stereocenters. The number of rotatable bonds is 5. The lowest BCUT2D eigenvalue weighted by Gasteiger charge is -2.36. The molecular formula is C20H30N2O2S. The summed E-state index contributed by atoms with van der Waals surface area (Å²) in [6.45, 7) is 6.10. The first kappa shape index (κ1) is 18.6. The molecule has 1 aromatic carbocycles. The normalized spacial score (nSPS) is 23.7. The van der Waals surface area contributed by atoms with E-state index in [1.807, 2.05) is 49.0 Å². The fraction of sp³-hybridized carbons (Fsp3) is 0.650. The third-order valence-corrected chi connectivity index (χ3v) is 6.24. The molecule has 5 heteroatoms.